The average Bonchev–Trinajstić information content (AvgIpc) is 2.85. The number of thiazole rings is 1. The van der Waals surface area contributed by atoms with Crippen LogP contribution in [0.25, 0.3) is 0 Å². The predicted molar refractivity (Wildman–Crippen MR) is 71.8 cm³/mol. The first-order valence-electron chi connectivity index (χ1n) is 5.32. The quantitative estimate of drug-likeness (QED) is 0.863. The van der Waals surface area contributed by atoms with Gasteiger partial charge < -0.3 is 4.52 Å². The van der Waals surface area contributed by atoms with Gasteiger partial charge in [-0.05, 0) is 13.8 Å². The highest BCUT2D eigenvalue weighted by Gasteiger charge is 2.27. The first-order chi connectivity index (χ1) is 8.80. The number of aryl methyl sites for hydroxylation is 2. The summed E-state index contributed by atoms with van der Waals surface area (Å²) in [5.74, 6) is 0.637. The van der Waals surface area contributed by atoms with Crippen LogP contribution in [0.2, 0.25) is 4.47 Å². The van der Waals surface area contributed by atoms with Gasteiger partial charge in [-0.25, -0.2) is 13.4 Å². The fraction of sp³-hybridized carbons (Fsp3) is 0.400. The van der Waals surface area contributed by atoms with Crippen LogP contribution >= 0.6 is 22.9 Å². The van der Waals surface area contributed by atoms with Gasteiger partial charge in [-0.1, -0.05) is 28.1 Å². The van der Waals surface area contributed by atoms with Crippen LogP contribution in [0.4, 0.5) is 0 Å². The number of sulfonamides is 1. The summed E-state index contributed by atoms with van der Waals surface area (Å²) in [6.45, 7) is 3.50. The van der Waals surface area contributed by atoms with E-state index in [1.54, 1.807) is 19.9 Å². The predicted octanol–water partition coefficient (Wildman–Crippen LogP) is 2.22. The number of rotatable bonds is 4. The van der Waals surface area contributed by atoms with Crippen LogP contribution in [-0.4, -0.2) is 29.9 Å². The van der Waals surface area contributed by atoms with Crippen LogP contribution in [0.5, 0.6) is 0 Å². The van der Waals surface area contributed by atoms with E-state index in [0.717, 1.165) is 11.3 Å². The van der Waals surface area contributed by atoms with Crippen molar-refractivity contribution < 1.29 is 12.9 Å². The Labute approximate surface area is 120 Å². The first kappa shape index (κ1) is 14.4. The third-order valence-corrected chi connectivity index (χ3v) is 6.09. The van der Waals surface area contributed by atoms with Gasteiger partial charge in [0.1, 0.15) is 5.76 Å². The fourth-order valence-corrected chi connectivity index (χ4v) is 4.61. The molecular formula is C10H12ClN3O3S2. The largest absolute Gasteiger partial charge is 0.361 e. The van der Waals surface area contributed by atoms with Gasteiger partial charge in [-0.2, -0.15) is 4.31 Å². The molecule has 0 N–H and O–H groups in total. The van der Waals surface area contributed by atoms with Crippen molar-refractivity contribution in [3.8, 4) is 0 Å². The number of aromatic nitrogens is 2. The molecular weight excluding hydrogens is 310 g/mol. The lowest BCUT2D eigenvalue weighted by Gasteiger charge is -2.14. The van der Waals surface area contributed by atoms with E-state index in [2.05, 4.69) is 10.1 Å². The summed E-state index contributed by atoms with van der Waals surface area (Å²) in [5.41, 5.74) is 0.954. The lowest BCUT2D eigenvalue weighted by molar-refractivity contribution is 0.378. The summed E-state index contributed by atoms with van der Waals surface area (Å²) < 4.78 is 31.2. The average molecular weight is 322 g/mol. The van der Waals surface area contributed by atoms with E-state index in [-0.39, 0.29) is 15.2 Å². The standard InChI is InChI=1S/C10H12ClN3O3S2/c1-6-4-8(13-17-6)5-14(3)19(15,16)9-7(2)12-10(11)18-9/h4H,5H2,1-3H3. The van der Waals surface area contributed by atoms with E-state index in [9.17, 15) is 8.42 Å². The molecule has 0 saturated carbocycles. The minimum atomic E-state index is -3.61. The normalized spacial score (nSPS) is 12.3. The maximum absolute atomic E-state index is 12.4. The molecule has 0 spiro atoms. The first-order valence-corrected chi connectivity index (χ1v) is 7.95. The molecule has 0 amide bonds. The minimum Gasteiger partial charge on any atom is -0.361 e. The summed E-state index contributed by atoms with van der Waals surface area (Å²) in [6.07, 6.45) is 0. The molecule has 19 heavy (non-hydrogen) atoms. The Hall–Kier alpha value is -0.960. The summed E-state index contributed by atoms with van der Waals surface area (Å²) in [6, 6.07) is 1.69. The maximum atomic E-state index is 12.4. The molecule has 0 unspecified atom stereocenters. The van der Waals surface area contributed by atoms with Crippen LogP contribution in [0.1, 0.15) is 17.1 Å². The van der Waals surface area contributed by atoms with Gasteiger partial charge >= 0.3 is 0 Å². The van der Waals surface area contributed by atoms with Gasteiger partial charge in [0.25, 0.3) is 10.0 Å². The zero-order valence-corrected chi connectivity index (χ0v) is 12.9. The fourth-order valence-electron chi connectivity index (χ4n) is 1.54. The number of halogens is 1. The Morgan fingerprint density at radius 3 is 2.63 bits per heavy atom. The molecule has 6 nitrogen and oxygen atoms in total. The summed E-state index contributed by atoms with van der Waals surface area (Å²) >= 11 is 6.68. The molecule has 0 radical (unpaired) electrons. The highest BCUT2D eigenvalue weighted by molar-refractivity contribution is 7.91. The molecule has 0 bridgehead atoms. The van der Waals surface area contributed by atoms with E-state index >= 15 is 0 Å². The van der Waals surface area contributed by atoms with Gasteiger partial charge in [0.05, 0.1) is 17.9 Å². The minimum absolute atomic E-state index is 0.134. The molecule has 2 heterocycles. The number of hydrogen-bond acceptors (Lipinski definition) is 6. The Kier molecular flexibility index (Phi) is 3.95. The van der Waals surface area contributed by atoms with Crippen molar-refractivity contribution in [2.75, 3.05) is 7.05 Å². The lowest BCUT2D eigenvalue weighted by Crippen LogP contribution is -2.26. The summed E-state index contributed by atoms with van der Waals surface area (Å²) in [5, 5.41) is 3.77. The third-order valence-electron chi connectivity index (χ3n) is 2.43. The van der Waals surface area contributed by atoms with Crippen molar-refractivity contribution in [2.24, 2.45) is 0 Å². The molecule has 2 rings (SSSR count). The van der Waals surface area contributed by atoms with Crippen molar-refractivity contribution in [2.45, 2.75) is 24.6 Å². The van der Waals surface area contributed by atoms with Gasteiger partial charge in [0, 0.05) is 13.1 Å². The zero-order chi connectivity index (χ0) is 14.2. The molecule has 104 valence electrons. The van der Waals surface area contributed by atoms with Crippen molar-refractivity contribution in [1.82, 2.24) is 14.4 Å². The number of hydrogen-bond donors (Lipinski definition) is 0. The SMILES string of the molecule is Cc1cc(CN(C)S(=O)(=O)c2sc(Cl)nc2C)no1. The summed E-state index contributed by atoms with van der Waals surface area (Å²) in [4.78, 5) is 3.91. The second-order valence-corrected chi connectivity index (χ2v) is 7.85. The van der Waals surface area contributed by atoms with Gasteiger partial charge in [-0.15, -0.1) is 0 Å². The molecule has 0 saturated heterocycles. The van der Waals surface area contributed by atoms with E-state index in [1.807, 2.05) is 0 Å². The molecule has 2 aromatic rings. The molecule has 0 atom stereocenters. The van der Waals surface area contributed by atoms with Crippen molar-refractivity contribution in [3.05, 3.63) is 27.7 Å². The Bertz CT molecular complexity index is 693. The van der Waals surface area contributed by atoms with Gasteiger partial charge in [0.15, 0.2) is 8.68 Å². The van der Waals surface area contributed by atoms with Gasteiger partial charge in [0.2, 0.25) is 0 Å². The monoisotopic (exact) mass is 321 g/mol. The van der Waals surface area contributed by atoms with Crippen molar-refractivity contribution >= 4 is 33.0 Å². The molecule has 9 heteroatoms. The molecule has 0 fully saturated rings. The van der Waals surface area contributed by atoms with Crippen LogP contribution in [0.3, 0.4) is 0 Å². The van der Waals surface area contributed by atoms with Crippen LogP contribution < -0.4 is 0 Å². The molecule has 0 aliphatic heterocycles. The van der Waals surface area contributed by atoms with E-state index < -0.39 is 10.0 Å². The van der Waals surface area contributed by atoms with Crippen molar-refractivity contribution in [1.29, 1.82) is 0 Å². The second-order valence-electron chi connectivity index (χ2n) is 4.03. The highest BCUT2D eigenvalue weighted by Crippen LogP contribution is 2.29. The molecule has 0 aliphatic carbocycles. The third kappa shape index (κ3) is 2.97. The molecule has 0 aromatic carbocycles. The Balaban J connectivity index is 2.27. The number of nitrogens with zero attached hydrogens (tertiary/aromatic N) is 3. The Morgan fingerprint density at radius 2 is 2.16 bits per heavy atom. The van der Waals surface area contributed by atoms with E-state index in [1.165, 1.54) is 11.4 Å². The smallest absolute Gasteiger partial charge is 0.254 e. The molecule has 2 aromatic heterocycles. The zero-order valence-electron chi connectivity index (χ0n) is 10.5. The van der Waals surface area contributed by atoms with Crippen LogP contribution in [-0.2, 0) is 16.6 Å². The summed E-state index contributed by atoms with van der Waals surface area (Å²) in [7, 11) is -2.14. The molecule has 0 aliphatic rings. The van der Waals surface area contributed by atoms with Crippen LogP contribution in [0, 0.1) is 13.8 Å². The topological polar surface area (TPSA) is 76.3 Å². The van der Waals surface area contributed by atoms with Gasteiger partial charge in [-0.3, -0.25) is 0 Å². The van der Waals surface area contributed by atoms with E-state index in [0.29, 0.717) is 17.1 Å². The maximum Gasteiger partial charge on any atom is 0.254 e. The van der Waals surface area contributed by atoms with E-state index in [4.69, 9.17) is 16.1 Å². The van der Waals surface area contributed by atoms with Crippen LogP contribution in [0.15, 0.2) is 14.8 Å². The van der Waals surface area contributed by atoms with Crippen molar-refractivity contribution in [3.63, 3.8) is 0 Å². The Morgan fingerprint density at radius 1 is 1.47 bits per heavy atom. The second kappa shape index (κ2) is 5.20. The highest BCUT2D eigenvalue weighted by atomic mass is 35.5. The lowest BCUT2D eigenvalue weighted by atomic mass is 10.4.